The van der Waals surface area contributed by atoms with Crippen molar-refractivity contribution in [3.05, 3.63) is 70.2 Å². The van der Waals surface area contributed by atoms with Crippen LogP contribution in [0.4, 0.5) is 5.69 Å². The molecule has 0 saturated carbocycles. The summed E-state index contributed by atoms with van der Waals surface area (Å²) < 4.78 is 9.44. The molecule has 3 amide bonds. The summed E-state index contributed by atoms with van der Waals surface area (Å²) >= 11 is 0.736. The molecule has 3 aromatic rings. The number of amides is 3. The topological polar surface area (TPSA) is 161 Å². The minimum Gasteiger partial charge on any atom is -0.508 e. The van der Waals surface area contributed by atoms with Crippen LogP contribution in [0.2, 0.25) is 0 Å². The Bertz CT molecular complexity index is 1290. The lowest BCUT2D eigenvalue weighted by Crippen LogP contribution is -2.50. The molecule has 3 rings (SSSR count). The van der Waals surface area contributed by atoms with Crippen molar-refractivity contribution in [1.82, 2.24) is 14.6 Å². The van der Waals surface area contributed by atoms with Crippen LogP contribution in [0.1, 0.15) is 64.5 Å². The third kappa shape index (κ3) is 6.18. The number of nitrogen functional groups attached to an aromatic ring is 1. The number of nitrogens with two attached hydrogens (primary N) is 2. The van der Waals surface area contributed by atoms with E-state index in [9.17, 15) is 19.5 Å². The van der Waals surface area contributed by atoms with Gasteiger partial charge < -0.3 is 31.5 Å². The first-order valence-corrected chi connectivity index (χ1v) is 12.3. The van der Waals surface area contributed by atoms with Crippen LogP contribution < -0.4 is 21.5 Å². The highest BCUT2D eigenvalue weighted by Crippen LogP contribution is 2.33. The molecule has 1 atom stereocenters. The largest absolute Gasteiger partial charge is 0.508 e. The van der Waals surface area contributed by atoms with E-state index in [1.165, 1.54) is 24.1 Å². The van der Waals surface area contributed by atoms with E-state index in [0.29, 0.717) is 23.3 Å². The zero-order chi connectivity index (χ0) is 27.3. The summed E-state index contributed by atoms with van der Waals surface area (Å²) in [5.41, 5.74) is 11.6. The molecular formula is C26H31N5O5S. The maximum atomic E-state index is 14.0. The van der Waals surface area contributed by atoms with Crippen LogP contribution in [0, 0.1) is 0 Å². The molecule has 2 aromatic carbocycles. The summed E-state index contributed by atoms with van der Waals surface area (Å²) in [5.74, 6) is -1.37. The quantitative estimate of drug-likeness (QED) is 0.316. The molecule has 0 fully saturated rings. The van der Waals surface area contributed by atoms with Gasteiger partial charge in [0.15, 0.2) is 5.69 Å². The summed E-state index contributed by atoms with van der Waals surface area (Å²) in [6.07, 6.45) is 0.644. The SMILES string of the molecule is CCC(C)(C)NC(=O)[C@@H](c1ccc(O)cc1)N(Cc1ccccc1OC)C(=O)c1snc(C(N)=O)c1N. The molecule has 0 aliphatic carbocycles. The Balaban J connectivity index is 2.20. The molecule has 0 unspecified atom stereocenters. The van der Waals surface area contributed by atoms with E-state index in [1.54, 1.807) is 36.4 Å². The van der Waals surface area contributed by atoms with Crippen molar-refractivity contribution in [3.63, 3.8) is 0 Å². The predicted octanol–water partition coefficient (Wildman–Crippen LogP) is 3.23. The van der Waals surface area contributed by atoms with Gasteiger partial charge in [0, 0.05) is 11.1 Å². The molecule has 196 valence electrons. The fourth-order valence-corrected chi connectivity index (χ4v) is 4.44. The molecule has 0 bridgehead atoms. The second-order valence-electron chi connectivity index (χ2n) is 9.10. The number of ether oxygens (including phenoxy) is 1. The second kappa shape index (κ2) is 11.3. The Morgan fingerprint density at radius 2 is 1.81 bits per heavy atom. The van der Waals surface area contributed by atoms with Gasteiger partial charge in [-0.2, -0.15) is 4.37 Å². The Morgan fingerprint density at radius 1 is 1.16 bits per heavy atom. The first-order valence-electron chi connectivity index (χ1n) is 11.6. The van der Waals surface area contributed by atoms with Gasteiger partial charge in [0.05, 0.1) is 19.3 Å². The smallest absolute Gasteiger partial charge is 0.270 e. The van der Waals surface area contributed by atoms with E-state index in [2.05, 4.69) is 9.69 Å². The van der Waals surface area contributed by atoms with Crippen LogP contribution in [0.15, 0.2) is 48.5 Å². The van der Waals surface area contributed by atoms with E-state index in [1.807, 2.05) is 20.8 Å². The van der Waals surface area contributed by atoms with Crippen molar-refractivity contribution >= 4 is 34.9 Å². The number of aromatic hydroxyl groups is 1. The van der Waals surface area contributed by atoms with Crippen molar-refractivity contribution in [3.8, 4) is 11.5 Å². The molecule has 0 radical (unpaired) electrons. The average molecular weight is 526 g/mol. The molecule has 1 heterocycles. The highest BCUT2D eigenvalue weighted by molar-refractivity contribution is 7.09. The number of methoxy groups -OCH3 is 1. The van der Waals surface area contributed by atoms with Gasteiger partial charge in [0.2, 0.25) is 5.91 Å². The monoisotopic (exact) mass is 525 g/mol. The number of nitrogens with zero attached hydrogens (tertiary/aromatic N) is 2. The molecule has 0 aliphatic rings. The lowest BCUT2D eigenvalue weighted by atomic mass is 9.98. The van der Waals surface area contributed by atoms with Crippen molar-refractivity contribution in [1.29, 1.82) is 0 Å². The Hall–Kier alpha value is -4.12. The van der Waals surface area contributed by atoms with E-state index in [4.69, 9.17) is 16.2 Å². The number of anilines is 1. The van der Waals surface area contributed by atoms with E-state index >= 15 is 0 Å². The van der Waals surface area contributed by atoms with Gasteiger partial charge in [-0.25, -0.2) is 0 Å². The number of hydrogen-bond acceptors (Lipinski definition) is 8. The van der Waals surface area contributed by atoms with Crippen LogP contribution in [0.5, 0.6) is 11.5 Å². The zero-order valence-corrected chi connectivity index (χ0v) is 22.0. The number of para-hydroxylation sites is 1. The third-order valence-electron chi connectivity index (χ3n) is 6.06. The fourth-order valence-electron chi connectivity index (χ4n) is 3.68. The summed E-state index contributed by atoms with van der Waals surface area (Å²) in [4.78, 5) is 40.9. The summed E-state index contributed by atoms with van der Waals surface area (Å²) in [6.45, 7) is 5.67. The van der Waals surface area contributed by atoms with Gasteiger partial charge >= 0.3 is 0 Å². The first kappa shape index (κ1) is 27.5. The van der Waals surface area contributed by atoms with E-state index in [-0.39, 0.29) is 28.6 Å². The van der Waals surface area contributed by atoms with Gasteiger partial charge in [0.25, 0.3) is 11.8 Å². The molecule has 11 heteroatoms. The molecule has 0 aliphatic heterocycles. The van der Waals surface area contributed by atoms with Crippen LogP contribution in [0.3, 0.4) is 0 Å². The number of hydrogen-bond donors (Lipinski definition) is 4. The second-order valence-corrected chi connectivity index (χ2v) is 9.88. The van der Waals surface area contributed by atoms with Crippen molar-refractivity contribution in [2.24, 2.45) is 5.73 Å². The molecule has 1 aromatic heterocycles. The highest BCUT2D eigenvalue weighted by Gasteiger charge is 2.37. The van der Waals surface area contributed by atoms with Gasteiger partial charge in [-0.15, -0.1) is 0 Å². The Morgan fingerprint density at radius 3 is 2.38 bits per heavy atom. The summed E-state index contributed by atoms with van der Waals surface area (Å²) in [7, 11) is 1.51. The van der Waals surface area contributed by atoms with Crippen LogP contribution in [-0.4, -0.2) is 44.8 Å². The van der Waals surface area contributed by atoms with Gasteiger partial charge in [-0.3, -0.25) is 14.4 Å². The van der Waals surface area contributed by atoms with Crippen LogP contribution in [-0.2, 0) is 11.3 Å². The molecule has 37 heavy (non-hydrogen) atoms. The number of aromatic nitrogens is 1. The van der Waals surface area contributed by atoms with Gasteiger partial charge in [-0.1, -0.05) is 37.3 Å². The van der Waals surface area contributed by atoms with Crippen LogP contribution in [0.25, 0.3) is 0 Å². The Labute approximate surface area is 219 Å². The van der Waals surface area contributed by atoms with Gasteiger partial charge in [0.1, 0.15) is 22.4 Å². The average Bonchev–Trinajstić information content (AvgIpc) is 3.25. The number of rotatable bonds is 10. The molecule has 6 N–H and O–H groups in total. The fraction of sp³-hybridized carbons (Fsp3) is 0.308. The Kier molecular flexibility index (Phi) is 8.38. The maximum absolute atomic E-state index is 14.0. The molecule has 10 nitrogen and oxygen atoms in total. The van der Waals surface area contributed by atoms with E-state index < -0.39 is 29.3 Å². The standard InChI is InChI=1S/C26H31N5O5S/c1-5-26(2,3)29-24(34)21(15-10-12-17(32)13-11-15)31(14-16-8-6-7-9-18(16)36-4)25(35)22-19(27)20(23(28)33)30-37-22/h6-13,21,32H,5,14,27H2,1-4H3,(H2,28,33)(H,29,34)/t21-/m1/s1. The minimum absolute atomic E-state index is 0.0113. The molecule has 0 spiro atoms. The normalized spacial score (nSPS) is 12.0. The zero-order valence-electron chi connectivity index (χ0n) is 21.1. The number of carbonyl (C=O) groups is 3. The van der Waals surface area contributed by atoms with Crippen molar-refractivity contribution in [2.75, 3.05) is 12.8 Å². The van der Waals surface area contributed by atoms with Crippen molar-refractivity contribution in [2.45, 2.75) is 45.3 Å². The number of benzene rings is 2. The number of primary amides is 1. The van der Waals surface area contributed by atoms with E-state index in [0.717, 1.165) is 11.5 Å². The third-order valence-corrected chi connectivity index (χ3v) is 6.91. The van der Waals surface area contributed by atoms with Crippen LogP contribution >= 0.6 is 11.5 Å². The number of carbonyl (C=O) groups excluding carboxylic acids is 3. The number of nitrogens with one attached hydrogen (secondary N) is 1. The molecular weight excluding hydrogens is 494 g/mol. The summed E-state index contributed by atoms with van der Waals surface area (Å²) in [5, 5.41) is 12.9. The predicted molar refractivity (Wildman–Crippen MR) is 141 cm³/mol. The highest BCUT2D eigenvalue weighted by atomic mass is 32.1. The minimum atomic E-state index is -1.12. The maximum Gasteiger partial charge on any atom is 0.270 e. The number of phenols is 1. The first-order chi connectivity index (χ1) is 17.5. The number of phenolic OH excluding ortho intramolecular Hbond substituents is 1. The lowest BCUT2D eigenvalue weighted by Gasteiger charge is -2.34. The molecule has 0 saturated heterocycles. The van der Waals surface area contributed by atoms with Crippen molar-refractivity contribution < 1.29 is 24.2 Å². The lowest BCUT2D eigenvalue weighted by molar-refractivity contribution is -0.127. The summed E-state index contributed by atoms with van der Waals surface area (Å²) in [6, 6.07) is 12.0. The van der Waals surface area contributed by atoms with Gasteiger partial charge in [-0.05, 0) is 55.6 Å².